The highest BCUT2D eigenvalue weighted by atomic mass is 127. The fourth-order valence-electron chi connectivity index (χ4n) is 1.29. The van der Waals surface area contributed by atoms with Crippen molar-refractivity contribution < 1.29 is 0 Å². The Morgan fingerprint density at radius 3 is 2.67 bits per heavy atom. The fourth-order valence-corrected chi connectivity index (χ4v) is 1.94. The monoisotopic (exact) mass is 334 g/mol. The predicted octanol–water partition coefficient (Wildman–Crippen LogP) is 2.54. The average Bonchev–Trinajstić information content (AvgIpc) is 2.47. The summed E-state index contributed by atoms with van der Waals surface area (Å²) in [4.78, 5) is 8.12. The van der Waals surface area contributed by atoms with Crippen molar-refractivity contribution >= 4 is 34.2 Å². The molecule has 0 aliphatic rings. The van der Waals surface area contributed by atoms with Crippen molar-refractivity contribution in [3.8, 4) is 5.82 Å². The van der Waals surface area contributed by atoms with E-state index in [0.29, 0.717) is 5.02 Å². The summed E-state index contributed by atoms with van der Waals surface area (Å²) in [6.07, 6.45) is 3.25. The maximum atomic E-state index is 6.07. The van der Waals surface area contributed by atoms with Gasteiger partial charge in [0.2, 0.25) is 0 Å². The summed E-state index contributed by atoms with van der Waals surface area (Å²) in [5.74, 6) is 0.762. The van der Waals surface area contributed by atoms with Crippen LogP contribution in [0.5, 0.6) is 0 Å². The van der Waals surface area contributed by atoms with Gasteiger partial charge in [-0.25, -0.2) is 14.6 Å². The molecule has 2 aromatic heterocycles. The molecule has 0 bridgehead atoms. The van der Waals surface area contributed by atoms with Gasteiger partial charge < -0.3 is 0 Å². The quantitative estimate of drug-likeness (QED) is 0.753. The van der Waals surface area contributed by atoms with E-state index in [1.807, 2.05) is 13.8 Å². The first kappa shape index (κ1) is 10.8. The third-order valence-corrected chi connectivity index (χ3v) is 3.36. The molecule has 0 amide bonds. The van der Waals surface area contributed by atoms with Crippen molar-refractivity contribution in [3.05, 3.63) is 32.5 Å². The first-order valence-corrected chi connectivity index (χ1v) is 5.74. The van der Waals surface area contributed by atoms with Crippen LogP contribution in [0.15, 0.2) is 12.5 Å². The van der Waals surface area contributed by atoms with Gasteiger partial charge in [-0.2, -0.15) is 5.10 Å². The third kappa shape index (κ3) is 1.85. The van der Waals surface area contributed by atoms with Crippen LogP contribution in [0.3, 0.4) is 0 Å². The molecule has 0 unspecified atom stereocenters. The molecule has 0 aliphatic heterocycles. The second kappa shape index (κ2) is 4.05. The largest absolute Gasteiger partial charge is 0.244 e. The van der Waals surface area contributed by atoms with E-state index in [0.717, 1.165) is 20.8 Å². The standard InChI is InChI=1S/C9H8ClIN4/c1-5-8(10)6(2)15(14-5)9-7(11)3-12-4-13-9/h3-4H,1-2H3. The molecule has 6 heteroatoms. The van der Waals surface area contributed by atoms with Gasteiger partial charge in [0.05, 0.1) is 20.0 Å². The number of nitrogens with zero attached hydrogens (tertiary/aromatic N) is 4. The molecular weight excluding hydrogens is 326 g/mol. The molecular formula is C9H8ClIN4. The number of rotatable bonds is 1. The lowest BCUT2D eigenvalue weighted by Crippen LogP contribution is -2.04. The van der Waals surface area contributed by atoms with Gasteiger partial charge in [-0.15, -0.1) is 0 Å². The SMILES string of the molecule is Cc1nn(-c2ncncc2I)c(C)c1Cl. The first-order valence-electron chi connectivity index (χ1n) is 4.29. The third-order valence-electron chi connectivity index (χ3n) is 2.05. The zero-order valence-corrected chi connectivity index (χ0v) is 11.1. The second-order valence-corrected chi connectivity index (χ2v) is 4.63. The van der Waals surface area contributed by atoms with E-state index in [2.05, 4.69) is 37.7 Å². The molecule has 15 heavy (non-hydrogen) atoms. The molecule has 0 fully saturated rings. The molecule has 0 aliphatic carbocycles. The number of hydrogen-bond acceptors (Lipinski definition) is 3. The summed E-state index contributed by atoms with van der Waals surface area (Å²) in [6, 6.07) is 0. The highest BCUT2D eigenvalue weighted by Gasteiger charge is 2.13. The lowest BCUT2D eigenvalue weighted by Gasteiger charge is -2.04. The van der Waals surface area contributed by atoms with Gasteiger partial charge in [-0.05, 0) is 36.4 Å². The lowest BCUT2D eigenvalue weighted by molar-refractivity contribution is 0.795. The molecule has 0 radical (unpaired) electrons. The average molecular weight is 335 g/mol. The van der Waals surface area contributed by atoms with Crippen LogP contribution in [0.4, 0.5) is 0 Å². The van der Waals surface area contributed by atoms with E-state index in [1.165, 1.54) is 6.33 Å². The molecule has 0 atom stereocenters. The van der Waals surface area contributed by atoms with Gasteiger partial charge in [-0.3, -0.25) is 0 Å². The smallest absolute Gasteiger partial charge is 0.170 e. The molecule has 4 nitrogen and oxygen atoms in total. The number of hydrogen-bond donors (Lipinski definition) is 0. The Labute approximate surface area is 106 Å². The van der Waals surface area contributed by atoms with Crippen molar-refractivity contribution in [2.45, 2.75) is 13.8 Å². The minimum absolute atomic E-state index is 0.685. The van der Waals surface area contributed by atoms with E-state index in [-0.39, 0.29) is 0 Å². The maximum Gasteiger partial charge on any atom is 0.170 e. The van der Waals surface area contributed by atoms with E-state index < -0.39 is 0 Å². The van der Waals surface area contributed by atoms with Gasteiger partial charge in [0.15, 0.2) is 5.82 Å². The summed E-state index contributed by atoms with van der Waals surface area (Å²) >= 11 is 8.24. The second-order valence-electron chi connectivity index (χ2n) is 3.09. The van der Waals surface area contributed by atoms with Crippen molar-refractivity contribution in [2.24, 2.45) is 0 Å². The van der Waals surface area contributed by atoms with Crippen LogP contribution in [0.1, 0.15) is 11.4 Å². The summed E-state index contributed by atoms with van der Waals surface area (Å²) < 4.78 is 2.68. The van der Waals surface area contributed by atoms with Crippen LogP contribution in [0, 0.1) is 17.4 Å². The predicted molar refractivity (Wildman–Crippen MR) is 66.4 cm³/mol. The molecule has 0 saturated carbocycles. The fraction of sp³-hybridized carbons (Fsp3) is 0.222. The zero-order valence-electron chi connectivity index (χ0n) is 8.20. The lowest BCUT2D eigenvalue weighted by atomic mass is 10.4. The van der Waals surface area contributed by atoms with Crippen LogP contribution in [0.25, 0.3) is 5.82 Å². The summed E-state index contributed by atoms with van der Waals surface area (Å²) in [5.41, 5.74) is 1.70. The Balaban J connectivity index is 2.65. The molecule has 0 aromatic carbocycles. The Kier molecular flexibility index (Phi) is 2.92. The molecule has 2 heterocycles. The van der Waals surface area contributed by atoms with Crippen LogP contribution in [0.2, 0.25) is 5.02 Å². The van der Waals surface area contributed by atoms with E-state index in [1.54, 1.807) is 10.9 Å². The van der Waals surface area contributed by atoms with Gasteiger partial charge in [0.25, 0.3) is 0 Å². The summed E-state index contributed by atoms with van der Waals surface area (Å²) in [6.45, 7) is 3.79. The van der Waals surface area contributed by atoms with Crippen LogP contribution < -0.4 is 0 Å². The van der Waals surface area contributed by atoms with Crippen molar-refractivity contribution in [1.29, 1.82) is 0 Å². The van der Waals surface area contributed by atoms with Crippen LogP contribution in [-0.2, 0) is 0 Å². The first-order chi connectivity index (χ1) is 7.11. The molecule has 78 valence electrons. The van der Waals surface area contributed by atoms with Gasteiger partial charge >= 0.3 is 0 Å². The highest BCUT2D eigenvalue weighted by molar-refractivity contribution is 14.1. The van der Waals surface area contributed by atoms with Crippen molar-refractivity contribution in [2.75, 3.05) is 0 Å². The summed E-state index contributed by atoms with van der Waals surface area (Å²) in [7, 11) is 0. The molecule has 0 spiro atoms. The van der Waals surface area contributed by atoms with Crippen LogP contribution >= 0.6 is 34.2 Å². The minimum Gasteiger partial charge on any atom is -0.244 e. The molecule has 0 saturated heterocycles. The number of aryl methyl sites for hydroxylation is 1. The Morgan fingerprint density at radius 1 is 1.40 bits per heavy atom. The Morgan fingerprint density at radius 2 is 2.13 bits per heavy atom. The van der Waals surface area contributed by atoms with Gasteiger partial charge in [0.1, 0.15) is 6.33 Å². The van der Waals surface area contributed by atoms with Gasteiger partial charge in [0, 0.05) is 6.20 Å². The van der Waals surface area contributed by atoms with Crippen molar-refractivity contribution in [3.63, 3.8) is 0 Å². The van der Waals surface area contributed by atoms with E-state index in [4.69, 9.17) is 11.6 Å². The van der Waals surface area contributed by atoms with E-state index in [9.17, 15) is 0 Å². The number of aromatic nitrogens is 4. The highest BCUT2D eigenvalue weighted by Crippen LogP contribution is 2.23. The Bertz CT molecular complexity index is 509. The van der Waals surface area contributed by atoms with Gasteiger partial charge in [-0.1, -0.05) is 11.6 Å². The van der Waals surface area contributed by atoms with Crippen LogP contribution in [-0.4, -0.2) is 19.7 Å². The molecule has 2 rings (SSSR count). The van der Waals surface area contributed by atoms with E-state index >= 15 is 0 Å². The topological polar surface area (TPSA) is 43.6 Å². The molecule has 0 N–H and O–H groups in total. The molecule has 2 aromatic rings. The van der Waals surface area contributed by atoms with Crippen molar-refractivity contribution in [1.82, 2.24) is 19.7 Å². The minimum atomic E-state index is 0.685. The Hall–Kier alpha value is -0.690. The number of halogens is 2. The normalized spacial score (nSPS) is 10.7. The zero-order chi connectivity index (χ0) is 11.0. The maximum absolute atomic E-state index is 6.07. The summed E-state index contributed by atoms with van der Waals surface area (Å²) in [5, 5.41) is 5.02.